The second kappa shape index (κ2) is 5.16. The molecule has 0 saturated heterocycles. The van der Waals surface area contributed by atoms with Crippen LogP contribution in [0.15, 0.2) is 36.4 Å². The van der Waals surface area contributed by atoms with Gasteiger partial charge in [0.2, 0.25) is 0 Å². The van der Waals surface area contributed by atoms with Gasteiger partial charge in [0.05, 0.1) is 5.75 Å². The molecule has 6 heteroatoms. The molecule has 0 saturated carbocycles. The maximum Gasteiger partial charge on any atom is 0.409 e. The van der Waals surface area contributed by atoms with Crippen LogP contribution in [0.2, 0.25) is 0 Å². The fourth-order valence-electron chi connectivity index (χ4n) is 1.73. The van der Waals surface area contributed by atoms with Gasteiger partial charge < -0.3 is 9.66 Å². The van der Waals surface area contributed by atoms with Crippen molar-refractivity contribution in [3.8, 4) is 0 Å². The molecule has 0 bridgehead atoms. The Balaban J connectivity index is 2.39. The van der Waals surface area contributed by atoms with Crippen molar-refractivity contribution in [1.82, 2.24) is 0 Å². The van der Waals surface area contributed by atoms with Crippen molar-refractivity contribution in [3.63, 3.8) is 0 Å². The highest BCUT2D eigenvalue weighted by Crippen LogP contribution is 2.21. The lowest BCUT2D eigenvalue weighted by molar-refractivity contribution is 0.210. The minimum atomic E-state index is -1.88. The smallest absolute Gasteiger partial charge is 0.409 e. The number of benzene rings is 2. The van der Waals surface area contributed by atoms with Crippen LogP contribution < -0.4 is 5.32 Å². The van der Waals surface area contributed by atoms with Crippen molar-refractivity contribution in [1.29, 1.82) is 0 Å². The number of carbonyl (C=O) groups is 1. The first-order valence-electron chi connectivity index (χ1n) is 5.15. The molecule has 18 heavy (non-hydrogen) atoms. The summed E-state index contributed by atoms with van der Waals surface area (Å²) < 4.78 is 19.6. The zero-order valence-corrected chi connectivity index (χ0v) is 10.1. The van der Waals surface area contributed by atoms with E-state index in [1.54, 1.807) is 30.3 Å². The summed E-state index contributed by atoms with van der Waals surface area (Å²) in [6.45, 7) is 0. The van der Waals surface area contributed by atoms with Crippen LogP contribution in [0.4, 0.5) is 10.5 Å². The molecule has 0 aromatic heterocycles. The van der Waals surface area contributed by atoms with E-state index in [0.717, 1.165) is 16.3 Å². The van der Waals surface area contributed by atoms with Gasteiger partial charge in [-0.05, 0) is 28.5 Å². The van der Waals surface area contributed by atoms with Gasteiger partial charge in [0.15, 0.2) is 11.1 Å². The molecule has 1 unspecified atom stereocenters. The molecule has 0 spiro atoms. The zero-order valence-electron chi connectivity index (χ0n) is 9.29. The highest BCUT2D eigenvalue weighted by molar-refractivity contribution is 7.78. The quantitative estimate of drug-likeness (QED) is 0.744. The average molecular weight is 265 g/mol. The lowest BCUT2D eigenvalue weighted by atomic mass is 10.1. The van der Waals surface area contributed by atoms with Gasteiger partial charge in [-0.15, -0.1) is 0 Å². The maximum absolute atomic E-state index is 10.7. The fourth-order valence-corrected chi connectivity index (χ4v) is 2.19. The monoisotopic (exact) mass is 265 g/mol. The van der Waals surface area contributed by atoms with E-state index in [9.17, 15) is 9.00 Å². The Morgan fingerprint density at radius 1 is 1.17 bits per heavy atom. The summed E-state index contributed by atoms with van der Waals surface area (Å²) in [5.41, 5.74) is 1.20. The third-order valence-corrected chi connectivity index (χ3v) is 3.03. The summed E-state index contributed by atoms with van der Waals surface area (Å²) in [4.78, 5) is 10.5. The number of amides is 1. The highest BCUT2D eigenvalue weighted by atomic mass is 32.2. The SMILES string of the molecule is O=C(O)Nc1ccc2ccc(CS(=O)O)cc2c1. The van der Waals surface area contributed by atoms with Gasteiger partial charge in [-0.2, -0.15) is 0 Å². The third-order valence-electron chi connectivity index (χ3n) is 2.45. The van der Waals surface area contributed by atoms with Crippen LogP contribution in [0.5, 0.6) is 0 Å². The Hall–Kier alpha value is -1.92. The second-order valence-electron chi connectivity index (χ2n) is 3.79. The lowest BCUT2D eigenvalue weighted by Gasteiger charge is -2.05. The van der Waals surface area contributed by atoms with Crippen LogP contribution >= 0.6 is 0 Å². The zero-order chi connectivity index (χ0) is 13.1. The van der Waals surface area contributed by atoms with Crippen LogP contribution in [-0.2, 0) is 16.8 Å². The van der Waals surface area contributed by atoms with Crippen LogP contribution in [0, 0.1) is 0 Å². The first-order chi connectivity index (χ1) is 8.54. The van der Waals surface area contributed by atoms with Crippen molar-refractivity contribution < 1.29 is 18.7 Å². The number of carboxylic acid groups (broad SMARTS) is 1. The number of rotatable bonds is 3. The van der Waals surface area contributed by atoms with Gasteiger partial charge in [0.25, 0.3) is 0 Å². The van der Waals surface area contributed by atoms with E-state index in [1.807, 2.05) is 6.07 Å². The summed E-state index contributed by atoms with van der Waals surface area (Å²) in [5, 5.41) is 12.7. The fraction of sp³-hybridized carbons (Fsp3) is 0.0833. The van der Waals surface area contributed by atoms with Gasteiger partial charge in [-0.3, -0.25) is 5.32 Å². The first-order valence-corrected chi connectivity index (χ1v) is 6.42. The maximum atomic E-state index is 10.7. The summed E-state index contributed by atoms with van der Waals surface area (Å²) in [6, 6.07) is 10.5. The van der Waals surface area contributed by atoms with E-state index in [2.05, 4.69) is 5.32 Å². The molecule has 2 rings (SSSR count). The molecule has 0 fully saturated rings. The molecule has 0 radical (unpaired) electrons. The van der Waals surface area contributed by atoms with E-state index in [4.69, 9.17) is 9.66 Å². The standard InChI is InChI=1S/C12H11NO4S/c14-12(15)13-11-4-3-9-2-1-8(7-18(16)17)5-10(9)6-11/h1-6,13H,7H2,(H,14,15)(H,16,17). The van der Waals surface area contributed by atoms with E-state index in [1.165, 1.54) is 0 Å². The predicted octanol–water partition coefficient (Wildman–Crippen LogP) is 2.65. The van der Waals surface area contributed by atoms with E-state index >= 15 is 0 Å². The highest BCUT2D eigenvalue weighted by Gasteiger charge is 2.03. The Morgan fingerprint density at radius 3 is 2.56 bits per heavy atom. The van der Waals surface area contributed by atoms with Crippen molar-refractivity contribution >= 4 is 33.6 Å². The van der Waals surface area contributed by atoms with Crippen molar-refractivity contribution in [2.24, 2.45) is 0 Å². The van der Waals surface area contributed by atoms with Gasteiger partial charge in [0, 0.05) is 5.69 Å². The van der Waals surface area contributed by atoms with Crippen LogP contribution in [0.1, 0.15) is 5.56 Å². The molecule has 94 valence electrons. The Labute approximate surface area is 106 Å². The number of anilines is 1. The average Bonchev–Trinajstić information content (AvgIpc) is 2.26. The molecule has 0 aliphatic rings. The summed E-state index contributed by atoms with van der Waals surface area (Å²) in [5.74, 6) is 0.0620. The molecule has 1 atom stereocenters. The van der Waals surface area contributed by atoms with Gasteiger partial charge in [-0.25, -0.2) is 9.00 Å². The number of hydrogen-bond acceptors (Lipinski definition) is 2. The van der Waals surface area contributed by atoms with Gasteiger partial charge >= 0.3 is 6.09 Å². The molecule has 0 aliphatic heterocycles. The van der Waals surface area contributed by atoms with E-state index in [0.29, 0.717) is 5.69 Å². The molecular weight excluding hydrogens is 254 g/mol. The predicted molar refractivity (Wildman–Crippen MR) is 70.1 cm³/mol. The molecule has 2 aromatic rings. The topological polar surface area (TPSA) is 86.6 Å². The molecule has 2 aromatic carbocycles. The number of hydrogen-bond donors (Lipinski definition) is 3. The van der Waals surface area contributed by atoms with Crippen LogP contribution in [-0.4, -0.2) is 20.0 Å². The van der Waals surface area contributed by atoms with E-state index < -0.39 is 17.2 Å². The molecule has 0 heterocycles. The van der Waals surface area contributed by atoms with Crippen LogP contribution in [0.25, 0.3) is 10.8 Å². The number of nitrogens with one attached hydrogen (secondary N) is 1. The summed E-state index contributed by atoms with van der Waals surface area (Å²) >= 11 is -1.88. The first kappa shape index (κ1) is 12.5. The van der Waals surface area contributed by atoms with Crippen molar-refractivity contribution in [2.75, 3.05) is 5.32 Å². The molecular formula is C12H11NO4S. The number of fused-ring (bicyclic) bond motifs is 1. The Bertz CT molecular complexity index is 576. The summed E-state index contributed by atoms with van der Waals surface area (Å²) in [6.07, 6.45) is -1.12. The van der Waals surface area contributed by atoms with Crippen molar-refractivity contribution in [3.05, 3.63) is 42.0 Å². The molecule has 3 N–H and O–H groups in total. The molecule has 5 nitrogen and oxygen atoms in total. The second-order valence-corrected chi connectivity index (χ2v) is 4.72. The van der Waals surface area contributed by atoms with Crippen LogP contribution in [0.3, 0.4) is 0 Å². The minimum absolute atomic E-state index is 0.0620. The van der Waals surface area contributed by atoms with Gasteiger partial charge in [0.1, 0.15) is 0 Å². The Kier molecular flexibility index (Phi) is 3.59. The molecule has 1 amide bonds. The normalized spacial score (nSPS) is 12.3. The van der Waals surface area contributed by atoms with E-state index in [-0.39, 0.29) is 5.75 Å². The Morgan fingerprint density at radius 2 is 1.89 bits per heavy atom. The minimum Gasteiger partial charge on any atom is -0.465 e. The largest absolute Gasteiger partial charge is 0.465 e. The molecule has 0 aliphatic carbocycles. The lowest BCUT2D eigenvalue weighted by Crippen LogP contribution is -2.06. The van der Waals surface area contributed by atoms with Crippen molar-refractivity contribution in [2.45, 2.75) is 5.75 Å². The van der Waals surface area contributed by atoms with Gasteiger partial charge in [-0.1, -0.05) is 24.3 Å². The third kappa shape index (κ3) is 3.06. The summed E-state index contributed by atoms with van der Waals surface area (Å²) in [7, 11) is 0.